The number of aliphatic hydroxyl groups is 2. The minimum atomic E-state index is -0.240. The maximum absolute atomic E-state index is 9.09. The summed E-state index contributed by atoms with van der Waals surface area (Å²) in [6.07, 6.45) is 4.97. The fourth-order valence-electron chi connectivity index (χ4n) is 2.64. The van der Waals surface area contributed by atoms with E-state index in [1.165, 1.54) is 42.4 Å². The summed E-state index contributed by atoms with van der Waals surface area (Å²) in [5, 5.41) is 21.4. The summed E-state index contributed by atoms with van der Waals surface area (Å²) >= 11 is 0. The third-order valence-electron chi connectivity index (χ3n) is 3.80. The molecule has 0 radical (unpaired) electrons. The largest absolute Gasteiger partial charge is 0.395 e. The Morgan fingerprint density at radius 3 is 2.44 bits per heavy atom. The van der Waals surface area contributed by atoms with Gasteiger partial charge >= 0.3 is 0 Å². The van der Waals surface area contributed by atoms with Gasteiger partial charge in [-0.2, -0.15) is 0 Å². The Kier molecular flexibility index (Phi) is 4.75. The van der Waals surface area contributed by atoms with Crippen molar-refractivity contribution >= 4 is 0 Å². The molecule has 3 heteroatoms. The molecule has 1 aliphatic carbocycles. The normalized spacial score (nSPS) is 16.7. The maximum Gasteiger partial charge on any atom is 0.0607 e. The van der Waals surface area contributed by atoms with Gasteiger partial charge in [-0.05, 0) is 49.3 Å². The van der Waals surface area contributed by atoms with Crippen LogP contribution in [0.5, 0.6) is 0 Å². The van der Waals surface area contributed by atoms with Gasteiger partial charge in [0.05, 0.1) is 19.3 Å². The van der Waals surface area contributed by atoms with Crippen molar-refractivity contribution in [3.05, 3.63) is 34.9 Å². The summed E-state index contributed by atoms with van der Waals surface area (Å²) in [7, 11) is 0. The zero-order valence-corrected chi connectivity index (χ0v) is 11.0. The van der Waals surface area contributed by atoms with Crippen LogP contribution in [0.4, 0.5) is 0 Å². The standard InChI is InChI=1S/C15H23NO2/c1-11(16-15(9-17)10-18)13-7-6-12-4-2-3-5-14(12)8-13/h6-8,11,15-18H,2-5,9-10H2,1H3/t11-/m0/s1. The first-order valence-corrected chi connectivity index (χ1v) is 6.84. The predicted molar refractivity (Wildman–Crippen MR) is 72.6 cm³/mol. The SMILES string of the molecule is C[C@H](NC(CO)CO)c1ccc2c(c1)CCCC2. The monoisotopic (exact) mass is 249 g/mol. The van der Waals surface area contributed by atoms with Gasteiger partial charge in [-0.3, -0.25) is 0 Å². The fourth-order valence-corrected chi connectivity index (χ4v) is 2.64. The molecule has 0 spiro atoms. The van der Waals surface area contributed by atoms with Crippen LogP contribution in [0.15, 0.2) is 18.2 Å². The smallest absolute Gasteiger partial charge is 0.0607 e. The Bertz CT molecular complexity index is 388. The molecule has 0 saturated heterocycles. The van der Waals surface area contributed by atoms with Gasteiger partial charge in [0.15, 0.2) is 0 Å². The minimum absolute atomic E-state index is 0.0359. The molecule has 0 saturated carbocycles. The second-order valence-corrected chi connectivity index (χ2v) is 5.19. The lowest BCUT2D eigenvalue weighted by atomic mass is 9.89. The van der Waals surface area contributed by atoms with Crippen molar-refractivity contribution < 1.29 is 10.2 Å². The van der Waals surface area contributed by atoms with E-state index in [4.69, 9.17) is 10.2 Å². The van der Waals surface area contributed by atoms with E-state index in [0.717, 1.165) is 0 Å². The Morgan fingerprint density at radius 1 is 1.11 bits per heavy atom. The lowest BCUT2D eigenvalue weighted by molar-refractivity contribution is 0.163. The van der Waals surface area contributed by atoms with Crippen molar-refractivity contribution in [2.45, 2.75) is 44.7 Å². The Morgan fingerprint density at radius 2 is 1.78 bits per heavy atom. The minimum Gasteiger partial charge on any atom is -0.395 e. The molecule has 0 fully saturated rings. The summed E-state index contributed by atoms with van der Waals surface area (Å²) in [4.78, 5) is 0. The van der Waals surface area contributed by atoms with E-state index in [2.05, 4.69) is 30.4 Å². The van der Waals surface area contributed by atoms with Crippen LogP contribution in [0, 0.1) is 0 Å². The van der Waals surface area contributed by atoms with Gasteiger partial charge in [-0.1, -0.05) is 18.2 Å². The number of nitrogens with one attached hydrogen (secondary N) is 1. The van der Waals surface area contributed by atoms with Crippen LogP contribution in [-0.2, 0) is 12.8 Å². The molecule has 0 bridgehead atoms. The van der Waals surface area contributed by atoms with Crippen LogP contribution < -0.4 is 5.32 Å². The third kappa shape index (κ3) is 3.10. The van der Waals surface area contributed by atoms with Crippen LogP contribution in [-0.4, -0.2) is 29.5 Å². The molecule has 1 aromatic rings. The number of aliphatic hydroxyl groups excluding tert-OH is 2. The summed E-state index contributed by atoms with van der Waals surface area (Å²) in [5.41, 5.74) is 4.19. The zero-order valence-electron chi connectivity index (χ0n) is 11.0. The van der Waals surface area contributed by atoms with Crippen molar-refractivity contribution in [1.29, 1.82) is 0 Å². The molecule has 1 aliphatic rings. The first-order chi connectivity index (χ1) is 8.74. The second-order valence-electron chi connectivity index (χ2n) is 5.19. The predicted octanol–water partition coefficient (Wildman–Crippen LogP) is 1.57. The Balaban J connectivity index is 2.08. The molecule has 1 atom stereocenters. The van der Waals surface area contributed by atoms with E-state index in [1.54, 1.807) is 0 Å². The molecule has 0 heterocycles. The molecule has 0 unspecified atom stereocenters. The van der Waals surface area contributed by atoms with E-state index in [9.17, 15) is 0 Å². The van der Waals surface area contributed by atoms with Gasteiger partial charge in [0.1, 0.15) is 0 Å². The first-order valence-electron chi connectivity index (χ1n) is 6.84. The summed E-state index contributed by atoms with van der Waals surface area (Å²) in [5.74, 6) is 0. The number of fused-ring (bicyclic) bond motifs is 1. The van der Waals surface area contributed by atoms with Gasteiger partial charge in [0.25, 0.3) is 0 Å². The van der Waals surface area contributed by atoms with Crippen LogP contribution >= 0.6 is 0 Å². The molecule has 3 N–H and O–H groups in total. The highest BCUT2D eigenvalue weighted by atomic mass is 16.3. The van der Waals surface area contributed by atoms with Crippen molar-refractivity contribution in [2.75, 3.05) is 13.2 Å². The molecular formula is C15H23NO2. The highest BCUT2D eigenvalue weighted by Gasteiger charge is 2.14. The Labute approximate surface area is 109 Å². The summed E-state index contributed by atoms with van der Waals surface area (Å²) < 4.78 is 0. The molecule has 18 heavy (non-hydrogen) atoms. The molecule has 0 aliphatic heterocycles. The van der Waals surface area contributed by atoms with E-state index in [-0.39, 0.29) is 25.3 Å². The van der Waals surface area contributed by atoms with Gasteiger partial charge in [0, 0.05) is 6.04 Å². The van der Waals surface area contributed by atoms with Crippen molar-refractivity contribution in [3.63, 3.8) is 0 Å². The summed E-state index contributed by atoms with van der Waals surface area (Å²) in [6, 6.07) is 6.58. The second kappa shape index (κ2) is 6.32. The fraction of sp³-hybridized carbons (Fsp3) is 0.600. The van der Waals surface area contributed by atoms with Gasteiger partial charge < -0.3 is 15.5 Å². The molecule has 0 aromatic heterocycles. The highest BCUT2D eigenvalue weighted by Crippen LogP contribution is 2.24. The van der Waals surface area contributed by atoms with Gasteiger partial charge in [-0.25, -0.2) is 0 Å². The molecular weight excluding hydrogens is 226 g/mol. The van der Waals surface area contributed by atoms with E-state index in [1.807, 2.05) is 0 Å². The third-order valence-corrected chi connectivity index (χ3v) is 3.80. The van der Waals surface area contributed by atoms with E-state index < -0.39 is 0 Å². The quantitative estimate of drug-likeness (QED) is 0.742. The van der Waals surface area contributed by atoms with Crippen LogP contribution in [0.1, 0.15) is 42.5 Å². The Hall–Kier alpha value is -0.900. The molecule has 1 aromatic carbocycles. The van der Waals surface area contributed by atoms with Crippen LogP contribution in [0.2, 0.25) is 0 Å². The van der Waals surface area contributed by atoms with Crippen molar-refractivity contribution in [2.24, 2.45) is 0 Å². The average Bonchev–Trinajstić information content (AvgIpc) is 2.44. The zero-order chi connectivity index (χ0) is 13.0. The lowest BCUT2D eigenvalue weighted by Crippen LogP contribution is -2.37. The molecule has 3 nitrogen and oxygen atoms in total. The van der Waals surface area contributed by atoms with Crippen molar-refractivity contribution in [3.8, 4) is 0 Å². The van der Waals surface area contributed by atoms with Gasteiger partial charge in [0.2, 0.25) is 0 Å². The van der Waals surface area contributed by atoms with Crippen LogP contribution in [0.25, 0.3) is 0 Å². The van der Waals surface area contributed by atoms with Gasteiger partial charge in [-0.15, -0.1) is 0 Å². The first kappa shape index (κ1) is 13.5. The maximum atomic E-state index is 9.09. The molecule has 100 valence electrons. The molecule has 0 amide bonds. The van der Waals surface area contributed by atoms with E-state index in [0.29, 0.717) is 0 Å². The lowest BCUT2D eigenvalue weighted by Gasteiger charge is -2.23. The topological polar surface area (TPSA) is 52.5 Å². The highest BCUT2D eigenvalue weighted by molar-refractivity contribution is 5.35. The number of hydrogen-bond donors (Lipinski definition) is 3. The number of aryl methyl sites for hydroxylation is 2. The van der Waals surface area contributed by atoms with Crippen LogP contribution in [0.3, 0.4) is 0 Å². The number of benzene rings is 1. The van der Waals surface area contributed by atoms with Crippen molar-refractivity contribution in [1.82, 2.24) is 5.32 Å². The summed E-state index contributed by atoms with van der Waals surface area (Å²) in [6.45, 7) is 2.00. The number of rotatable bonds is 5. The average molecular weight is 249 g/mol. The van der Waals surface area contributed by atoms with E-state index >= 15 is 0 Å². The number of hydrogen-bond acceptors (Lipinski definition) is 3. The molecule has 2 rings (SSSR count).